The fourth-order valence-electron chi connectivity index (χ4n) is 6.46. The number of aliphatic hydroxyl groups excluding tert-OH is 5. The van der Waals surface area contributed by atoms with Crippen LogP contribution in [0.4, 0.5) is 0 Å². The van der Waals surface area contributed by atoms with E-state index in [9.17, 15) is 66.2 Å². The molecule has 0 radical (unpaired) electrons. The average molecular weight is 860 g/mol. The van der Waals surface area contributed by atoms with Crippen molar-refractivity contribution in [3.05, 3.63) is 0 Å². The van der Waals surface area contributed by atoms with Gasteiger partial charge in [0.15, 0.2) is 12.6 Å². The van der Waals surface area contributed by atoms with E-state index in [1.807, 2.05) is 0 Å². The molecule has 3 fully saturated rings. The van der Waals surface area contributed by atoms with Gasteiger partial charge in [-0.1, -0.05) is 25.7 Å². The monoisotopic (exact) mass is 859 g/mol. The molecule has 26 heteroatoms. The molecule has 0 aromatic heterocycles. The number of carbonyl (C=O) groups is 2. The predicted octanol–water partition coefficient (Wildman–Crippen LogP) is -3.47. The van der Waals surface area contributed by atoms with Crippen molar-refractivity contribution in [2.24, 2.45) is 0 Å². The van der Waals surface area contributed by atoms with Gasteiger partial charge >= 0.3 is 26.8 Å². The maximum Gasteiger partial charge on any atom is 0.397 e. The van der Waals surface area contributed by atoms with Gasteiger partial charge in [-0.25, -0.2) is 8.37 Å². The van der Waals surface area contributed by atoms with Gasteiger partial charge in [-0.05, 0) is 19.8 Å². The maximum absolute atomic E-state index is 12.6. The molecule has 0 saturated carbocycles. The summed E-state index contributed by atoms with van der Waals surface area (Å²) >= 11 is 0. The van der Waals surface area contributed by atoms with Gasteiger partial charge in [-0.3, -0.25) is 18.7 Å². The van der Waals surface area contributed by atoms with Gasteiger partial charge in [0.25, 0.3) is 0 Å². The first-order valence-corrected chi connectivity index (χ1v) is 20.4. The Bertz CT molecular complexity index is 1470. The van der Waals surface area contributed by atoms with Gasteiger partial charge in [0.1, 0.15) is 54.9 Å². The van der Waals surface area contributed by atoms with Crippen molar-refractivity contribution in [3.8, 4) is 0 Å². The second-order valence-corrected chi connectivity index (χ2v) is 15.5. The average Bonchev–Trinajstić information content (AvgIpc) is 3.10. The van der Waals surface area contributed by atoms with Crippen molar-refractivity contribution in [2.75, 3.05) is 26.9 Å². The molecule has 0 aromatic rings. The Morgan fingerprint density at radius 3 is 1.98 bits per heavy atom. The molecule has 56 heavy (non-hydrogen) atoms. The van der Waals surface area contributed by atoms with E-state index in [2.05, 4.69) is 18.4 Å². The van der Waals surface area contributed by atoms with Crippen molar-refractivity contribution in [1.29, 1.82) is 0 Å². The molecule has 0 aliphatic carbocycles. The van der Waals surface area contributed by atoms with Crippen LogP contribution in [0.3, 0.4) is 0 Å². The molecule has 328 valence electrons. The fraction of sp³-hybridized carbons (Fsp3) is 0.933. The van der Waals surface area contributed by atoms with E-state index in [1.165, 1.54) is 14.0 Å². The first-order valence-electron chi connectivity index (χ1n) is 17.7. The lowest BCUT2D eigenvalue weighted by atomic mass is 9.91. The Labute approximate surface area is 323 Å². The lowest BCUT2D eigenvalue weighted by Crippen LogP contribution is -2.76. The summed E-state index contributed by atoms with van der Waals surface area (Å²) in [5.74, 6) is -1.22. The van der Waals surface area contributed by atoms with E-state index >= 15 is 0 Å². The van der Waals surface area contributed by atoms with Crippen LogP contribution in [0.5, 0.6) is 0 Å². The van der Waals surface area contributed by atoms with Crippen LogP contribution in [0.2, 0.25) is 0 Å². The zero-order valence-electron chi connectivity index (χ0n) is 30.8. The minimum Gasteiger partial charge on any atom is -0.469 e. The summed E-state index contributed by atoms with van der Waals surface area (Å²) in [6, 6.07) is 0. The molecule has 0 unspecified atom stereocenters. The van der Waals surface area contributed by atoms with E-state index in [0.717, 1.165) is 26.2 Å². The van der Waals surface area contributed by atoms with Crippen LogP contribution < -0.4 is 5.32 Å². The molecular formula is C30H53NO23S2. The molecule has 3 saturated heterocycles. The molecule has 14 atom stereocenters. The third kappa shape index (κ3) is 13.9. The number of esters is 1. The summed E-state index contributed by atoms with van der Waals surface area (Å²) in [7, 11) is -9.05. The van der Waals surface area contributed by atoms with Gasteiger partial charge < -0.3 is 69.1 Å². The first-order chi connectivity index (χ1) is 26.1. The summed E-state index contributed by atoms with van der Waals surface area (Å²) in [5, 5.41) is 67.0. The summed E-state index contributed by atoms with van der Waals surface area (Å²) < 4.78 is 113. The number of hydrogen-bond acceptors (Lipinski definition) is 21. The molecule has 24 nitrogen and oxygen atoms in total. The molecule has 0 spiro atoms. The Morgan fingerprint density at radius 1 is 0.804 bits per heavy atom. The molecule has 3 rings (SSSR count). The summed E-state index contributed by atoms with van der Waals surface area (Å²) in [4.78, 5) is 23.9. The number of ether oxygens (including phenoxy) is 7. The number of amides is 1. The second kappa shape index (κ2) is 21.5. The second-order valence-electron chi connectivity index (χ2n) is 13.4. The first kappa shape index (κ1) is 48.6. The largest absolute Gasteiger partial charge is 0.469 e. The Morgan fingerprint density at radius 2 is 1.41 bits per heavy atom. The Kier molecular flexibility index (Phi) is 18.6. The normalized spacial score (nSPS) is 36.9. The fourth-order valence-corrected chi connectivity index (χ4v) is 7.51. The summed E-state index contributed by atoms with van der Waals surface area (Å²) in [6.45, 7) is 0.194. The summed E-state index contributed by atoms with van der Waals surface area (Å²) in [5.41, 5.74) is -2.83. The predicted molar refractivity (Wildman–Crippen MR) is 180 cm³/mol. The summed E-state index contributed by atoms with van der Waals surface area (Å²) in [6.07, 6.45) is -20.4. The zero-order chi connectivity index (χ0) is 42.0. The number of unbranched alkanes of at least 4 members (excludes halogenated alkanes) is 5. The van der Waals surface area contributed by atoms with Gasteiger partial charge in [-0.2, -0.15) is 16.8 Å². The van der Waals surface area contributed by atoms with Crippen molar-refractivity contribution < 1.29 is 108 Å². The zero-order valence-corrected chi connectivity index (χ0v) is 32.4. The third-order valence-electron chi connectivity index (χ3n) is 9.12. The molecule has 3 aliphatic heterocycles. The number of nitrogens with one attached hydrogen (secondary N) is 1. The number of rotatable bonds is 21. The topological polar surface area (TPSA) is 359 Å². The van der Waals surface area contributed by atoms with Crippen LogP contribution in [-0.2, 0) is 71.9 Å². The molecule has 1 amide bonds. The quantitative estimate of drug-likeness (QED) is 0.0234. The van der Waals surface area contributed by atoms with E-state index in [-0.39, 0.29) is 19.0 Å². The Balaban J connectivity index is 1.93. The highest BCUT2D eigenvalue weighted by Crippen LogP contribution is 2.38. The molecule has 0 bridgehead atoms. The number of methoxy groups -OCH3 is 1. The SMILES string of the molecule is COC(=O)CCCCCCCCO[C@@H]1O[C@H](CO)[C@@H](O[C@H]2C[C@@H](OS(=O)(=O)O)[C@@H](O)[C@@H](CO)O2)[C@H](O[C@@H]2O[C@@H](C)[C@@H](OS(=O)(=O)O)[C@@H](O)[C@@H]2O)[C@]1(O)NC(C)=O. The smallest absolute Gasteiger partial charge is 0.397 e. The lowest BCUT2D eigenvalue weighted by molar-refractivity contribution is -0.403. The van der Waals surface area contributed by atoms with Gasteiger partial charge in [-0.15, -0.1) is 0 Å². The highest BCUT2D eigenvalue weighted by molar-refractivity contribution is 7.81. The Hall–Kier alpha value is -1.80. The van der Waals surface area contributed by atoms with Crippen molar-refractivity contribution in [2.45, 2.75) is 151 Å². The number of carbonyl (C=O) groups excluding carboxylic acids is 2. The highest BCUT2D eigenvalue weighted by Gasteiger charge is 2.61. The molecular weight excluding hydrogens is 806 g/mol. The van der Waals surface area contributed by atoms with Crippen molar-refractivity contribution in [1.82, 2.24) is 5.32 Å². The number of hydrogen-bond donors (Lipinski definition) is 9. The maximum atomic E-state index is 12.6. The molecule has 9 N–H and O–H groups in total. The van der Waals surface area contributed by atoms with E-state index in [4.69, 9.17) is 28.4 Å². The standard InChI is InChI=1S/C30H53NO23S2/c1-15-25(54-56(43,44)45)23(37)24(38)28(48-15)52-27-26(51-21-12-17(53-55(40,41)42)22(36)18(13-32)49-21)19(14-33)50-29(30(27,39)31-16(2)34)47-11-9-7-5-4-6-8-10-20(35)46-3/h15,17-19,21-29,32-33,36-39H,4-14H2,1-3H3,(H,31,34)(H,40,41,42)(H,43,44,45)/t15-,17+,18+,19+,21-,22+,23-,24-,25+,26+,27-,28-,29+,30+/m0/s1. The lowest BCUT2D eigenvalue weighted by Gasteiger charge is -2.53. The van der Waals surface area contributed by atoms with Crippen molar-refractivity contribution >= 4 is 32.7 Å². The van der Waals surface area contributed by atoms with Crippen molar-refractivity contribution in [3.63, 3.8) is 0 Å². The van der Waals surface area contributed by atoms with E-state index in [0.29, 0.717) is 19.3 Å². The van der Waals surface area contributed by atoms with Gasteiger partial charge in [0.05, 0.1) is 26.4 Å². The van der Waals surface area contributed by atoms with Gasteiger partial charge in [0, 0.05) is 26.4 Å². The molecule has 0 aromatic carbocycles. The minimum absolute atomic E-state index is 0.103. The van der Waals surface area contributed by atoms with Crippen LogP contribution >= 0.6 is 0 Å². The van der Waals surface area contributed by atoms with E-state index in [1.54, 1.807) is 0 Å². The highest BCUT2D eigenvalue weighted by atomic mass is 32.3. The van der Waals surface area contributed by atoms with Crippen LogP contribution in [0.1, 0.15) is 65.2 Å². The number of aliphatic hydroxyl groups is 6. The van der Waals surface area contributed by atoms with Crippen LogP contribution in [0.15, 0.2) is 0 Å². The molecule has 3 aliphatic rings. The third-order valence-corrected chi connectivity index (χ3v) is 10.1. The van der Waals surface area contributed by atoms with Gasteiger partial charge in [0.2, 0.25) is 17.9 Å². The minimum atomic E-state index is -5.18. The van der Waals surface area contributed by atoms with Crippen LogP contribution in [0, 0.1) is 0 Å². The van der Waals surface area contributed by atoms with E-state index < -0.39 is 132 Å². The molecule has 3 heterocycles. The van der Waals surface area contributed by atoms with Crippen LogP contribution in [-0.4, -0.2) is 181 Å². The van der Waals surface area contributed by atoms with Crippen LogP contribution in [0.25, 0.3) is 0 Å².